The third kappa shape index (κ3) is 2.39. The summed E-state index contributed by atoms with van der Waals surface area (Å²) in [5.41, 5.74) is 0.202. The van der Waals surface area contributed by atoms with Gasteiger partial charge in [-0.2, -0.15) is 0 Å². The molecule has 1 aromatic heterocycles. The second-order valence-corrected chi connectivity index (χ2v) is 4.50. The smallest absolute Gasteiger partial charge is 0.268 e. The third-order valence-electron chi connectivity index (χ3n) is 3.10. The molecule has 0 unspecified atom stereocenters. The van der Waals surface area contributed by atoms with E-state index < -0.39 is 11.6 Å². The Morgan fingerprint density at radius 3 is 2.24 bits per heavy atom. The van der Waals surface area contributed by atoms with Crippen molar-refractivity contribution in [2.24, 2.45) is 0 Å². The van der Waals surface area contributed by atoms with Crippen LogP contribution in [0.5, 0.6) is 0 Å². The molecule has 0 aliphatic carbocycles. The van der Waals surface area contributed by atoms with Gasteiger partial charge in [0, 0.05) is 11.6 Å². The lowest BCUT2D eigenvalue weighted by molar-refractivity contribution is 0.0801. The molecule has 0 saturated carbocycles. The molecule has 4 heteroatoms. The normalized spacial score (nSPS) is 10.5. The van der Waals surface area contributed by atoms with E-state index in [1.165, 1.54) is 0 Å². The highest BCUT2D eigenvalue weighted by Gasteiger charge is 2.21. The Balaban J connectivity index is 2.06. The monoisotopic (exact) mass is 278 g/mol. The van der Waals surface area contributed by atoms with Crippen LogP contribution in [0, 0.1) is 0 Å². The van der Waals surface area contributed by atoms with Crippen molar-refractivity contribution in [2.45, 2.75) is 0 Å². The highest BCUT2D eigenvalue weighted by Crippen LogP contribution is 2.13. The first-order valence-corrected chi connectivity index (χ1v) is 6.34. The summed E-state index contributed by atoms with van der Waals surface area (Å²) in [6.45, 7) is 0. The molecule has 0 radical (unpaired) electrons. The predicted octanol–water partition coefficient (Wildman–Crippen LogP) is 2.86. The lowest BCUT2D eigenvalue weighted by Crippen LogP contribution is -2.16. The van der Waals surface area contributed by atoms with Crippen LogP contribution in [0.2, 0.25) is 0 Å². The molecule has 3 aromatic rings. The molecule has 0 bridgehead atoms. The number of fused-ring (bicyclic) bond motifs is 1. The summed E-state index contributed by atoms with van der Waals surface area (Å²) in [4.78, 5) is 36.2. The number of carbonyl (C=O) groups is 2. The Labute approximate surface area is 119 Å². The fourth-order valence-corrected chi connectivity index (χ4v) is 2.05. The van der Waals surface area contributed by atoms with Crippen LogP contribution in [-0.2, 0) is 0 Å². The Hall–Kier alpha value is -3.01. The number of hydrogen-bond donors (Lipinski definition) is 0. The van der Waals surface area contributed by atoms with Gasteiger partial charge >= 0.3 is 0 Å². The van der Waals surface area contributed by atoms with Crippen molar-refractivity contribution in [3.8, 4) is 0 Å². The largest absolute Gasteiger partial charge is 0.452 e. The average Bonchev–Trinajstić information content (AvgIpc) is 2.54. The fraction of sp³-hybridized carbons (Fsp3) is 0. The van der Waals surface area contributed by atoms with E-state index in [2.05, 4.69) is 0 Å². The summed E-state index contributed by atoms with van der Waals surface area (Å²) in [5, 5.41) is 0.376. The number of rotatable bonds is 3. The van der Waals surface area contributed by atoms with Gasteiger partial charge in [0.1, 0.15) is 5.58 Å². The van der Waals surface area contributed by atoms with Gasteiger partial charge < -0.3 is 4.42 Å². The lowest BCUT2D eigenvalue weighted by atomic mass is 10.1. The molecule has 1 heterocycles. The van der Waals surface area contributed by atoms with Crippen LogP contribution in [0.3, 0.4) is 0 Å². The van der Waals surface area contributed by atoms with E-state index in [1.807, 2.05) is 0 Å². The van der Waals surface area contributed by atoms with Crippen molar-refractivity contribution in [3.05, 3.63) is 82.2 Å². The van der Waals surface area contributed by atoms with Gasteiger partial charge in [-0.15, -0.1) is 0 Å². The number of para-hydroxylation sites is 1. The standard InChI is InChI=1S/C17H10O4/c18-13-10-15(21-14-9-5-4-8-12(13)14)17(20)16(19)11-6-2-1-3-7-11/h1-10H. The molecular weight excluding hydrogens is 268 g/mol. The van der Waals surface area contributed by atoms with Crippen LogP contribution in [0.25, 0.3) is 11.0 Å². The van der Waals surface area contributed by atoms with Crippen LogP contribution >= 0.6 is 0 Å². The highest BCUT2D eigenvalue weighted by molar-refractivity contribution is 6.48. The zero-order valence-corrected chi connectivity index (χ0v) is 10.9. The van der Waals surface area contributed by atoms with E-state index in [9.17, 15) is 14.4 Å². The average molecular weight is 278 g/mol. The van der Waals surface area contributed by atoms with Gasteiger partial charge in [0.15, 0.2) is 11.2 Å². The minimum absolute atomic E-state index is 0.243. The summed E-state index contributed by atoms with van der Waals surface area (Å²) < 4.78 is 5.38. The summed E-state index contributed by atoms with van der Waals surface area (Å²) in [5.74, 6) is -1.77. The van der Waals surface area contributed by atoms with Crippen molar-refractivity contribution in [1.82, 2.24) is 0 Å². The van der Waals surface area contributed by atoms with Crippen molar-refractivity contribution < 1.29 is 14.0 Å². The van der Waals surface area contributed by atoms with Gasteiger partial charge in [0.05, 0.1) is 5.39 Å². The first-order chi connectivity index (χ1) is 10.2. The van der Waals surface area contributed by atoms with E-state index in [-0.39, 0.29) is 22.3 Å². The van der Waals surface area contributed by atoms with E-state index in [1.54, 1.807) is 54.6 Å². The maximum Gasteiger partial charge on any atom is 0.268 e. The summed E-state index contributed by atoms with van der Waals surface area (Å²) in [6, 6.07) is 15.8. The molecule has 0 spiro atoms. The molecule has 0 saturated heterocycles. The van der Waals surface area contributed by atoms with Gasteiger partial charge in [-0.3, -0.25) is 14.4 Å². The van der Waals surface area contributed by atoms with Gasteiger partial charge in [0.25, 0.3) is 5.78 Å². The van der Waals surface area contributed by atoms with Crippen molar-refractivity contribution in [1.29, 1.82) is 0 Å². The van der Waals surface area contributed by atoms with Gasteiger partial charge in [-0.1, -0.05) is 42.5 Å². The quantitative estimate of drug-likeness (QED) is 0.546. The summed E-state index contributed by atoms with van der Waals surface area (Å²) in [7, 11) is 0. The van der Waals surface area contributed by atoms with Gasteiger partial charge in [-0.25, -0.2) is 0 Å². The number of carbonyl (C=O) groups excluding carboxylic acids is 2. The van der Waals surface area contributed by atoms with E-state index >= 15 is 0 Å². The summed E-state index contributed by atoms with van der Waals surface area (Å²) >= 11 is 0. The Bertz CT molecular complexity index is 891. The van der Waals surface area contributed by atoms with Crippen LogP contribution in [0.15, 0.2) is 69.9 Å². The molecule has 0 aliphatic heterocycles. The zero-order valence-electron chi connectivity index (χ0n) is 10.9. The first-order valence-electron chi connectivity index (χ1n) is 6.34. The highest BCUT2D eigenvalue weighted by atomic mass is 16.3. The Kier molecular flexibility index (Phi) is 3.20. The van der Waals surface area contributed by atoms with E-state index in [0.29, 0.717) is 5.39 Å². The van der Waals surface area contributed by atoms with Crippen LogP contribution in [0.4, 0.5) is 0 Å². The molecule has 0 amide bonds. The molecule has 21 heavy (non-hydrogen) atoms. The number of hydrogen-bond acceptors (Lipinski definition) is 4. The molecule has 2 aromatic carbocycles. The van der Waals surface area contributed by atoms with Crippen LogP contribution in [0.1, 0.15) is 20.9 Å². The molecule has 0 N–H and O–H groups in total. The maximum atomic E-state index is 12.2. The second kappa shape index (κ2) is 5.17. The van der Waals surface area contributed by atoms with Crippen molar-refractivity contribution in [2.75, 3.05) is 0 Å². The SMILES string of the molecule is O=C(C(=O)c1cc(=O)c2ccccc2o1)c1ccccc1. The molecule has 4 nitrogen and oxygen atoms in total. The first kappa shape index (κ1) is 13.0. The van der Waals surface area contributed by atoms with Crippen LogP contribution in [-0.4, -0.2) is 11.6 Å². The molecule has 0 fully saturated rings. The van der Waals surface area contributed by atoms with E-state index in [4.69, 9.17) is 4.42 Å². The minimum Gasteiger partial charge on any atom is -0.452 e. The lowest BCUT2D eigenvalue weighted by Gasteiger charge is -2.02. The molecular formula is C17H10O4. The second-order valence-electron chi connectivity index (χ2n) is 4.50. The predicted molar refractivity (Wildman–Crippen MR) is 77.6 cm³/mol. The maximum absolute atomic E-state index is 12.2. The van der Waals surface area contributed by atoms with Gasteiger partial charge in [-0.05, 0) is 12.1 Å². The summed E-state index contributed by atoms with van der Waals surface area (Å²) in [6.07, 6.45) is 0. The number of Topliss-reactive ketones (excluding diaryl/α,β-unsaturated/α-hetero) is 2. The topological polar surface area (TPSA) is 64.3 Å². The fourth-order valence-electron chi connectivity index (χ4n) is 2.05. The van der Waals surface area contributed by atoms with Crippen molar-refractivity contribution >= 4 is 22.5 Å². The molecule has 0 atom stereocenters. The Morgan fingerprint density at radius 2 is 1.48 bits per heavy atom. The van der Waals surface area contributed by atoms with E-state index in [0.717, 1.165) is 6.07 Å². The Morgan fingerprint density at radius 1 is 0.810 bits per heavy atom. The molecule has 0 aliphatic rings. The molecule has 3 rings (SSSR count). The number of ketones is 2. The zero-order chi connectivity index (χ0) is 14.8. The van der Waals surface area contributed by atoms with Gasteiger partial charge in [0.2, 0.25) is 5.78 Å². The minimum atomic E-state index is -0.830. The third-order valence-corrected chi connectivity index (χ3v) is 3.10. The number of benzene rings is 2. The van der Waals surface area contributed by atoms with Crippen LogP contribution < -0.4 is 5.43 Å². The molecule has 102 valence electrons. The van der Waals surface area contributed by atoms with Crippen molar-refractivity contribution in [3.63, 3.8) is 0 Å².